The van der Waals surface area contributed by atoms with Gasteiger partial charge in [0, 0.05) is 6.07 Å². The van der Waals surface area contributed by atoms with E-state index in [2.05, 4.69) is 0 Å². The molecule has 0 saturated heterocycles. The van der Waals surface area contributed by atoms with Crippen LogP contribution in [0.1, 0.15) is 6.42 Å². The molecular weight excluding hydrogens is 442 g/mol. The number of carboxylic acid groups (broad SMARTS) is 1. The predicted octanol–water partition coefficient (Wildman–Crippen LogP) is 1.14. The molecule has 0 aliphatic carbocycles. The molecule has 0 spiro atoms. The largest absolute Gasteiger partial charge is 0.481 e. The zero-order valence-corrected chi connectivity index (χ0v) is 18.5. The minimum atomic E-state index is -0.876. The molecule has 0 aliphatic heterocycles. The van der Waals surface area contributed by atoms with Gasteiger partial charge in [0.2, 0.25) is 0 Å². The molecule has 30 heavy (non-hydrogen) atoms. The lowest BCUT2D eigenvalue weighted by Crippen LogP contribution is -2.17. The molecule has 0 unspecified atom stereocenters. The Balaban J connectivity index is 1.71. The van der Waals surface area contributed by atoms with Gasteiger partial charge in [0.15, 0.2) is 0 Å². The number of carbonyl (C=O) groups is 1. The molecule has 0 aromatic carbocycles. The summed E-state index contributed by atoms with van der Waals surface area (Å²) in [6.07, 6.45) is -0.00255. The zero-order valence-electron chi connectivity index (χ0n) is 16.9. The Hall–Kier alpha value is -1.05. The van der Waals surface area contributed by atoms with Gasteiger partial charge in [-0.2, -0.15) is 0 Å². The summed E-state index contributed by atoms with van der Waals surface area (Å²) in [4.78, 5) is 21.7. The second-order valence-electron chi connectivity index (χ2n) is 5.80. The maximum Gasteiger partial charge on any atom is 0.305 e. The third-order valence-electron chi connectivity index (χ3n) is 3.44. The van der Waals surface area contributed by atoms with Crippen molar-refractivity contribution in [2.75, 3.05) is 79.3 Å². The van der Waals surface area contributed by atoms with Gasteiger partial charge in [0.1, 0.15) is 4.34 Å². The molecule has 0 saturated carbocycles. The summed E-state index contributed by atoms with van der Waals surface area (Å²) in [5, 5.41) is 8.44. The lowest BCUT2D eigenvalue weighted by Gasteiger charge is -2.08. The summed E-state index contributed by atoms with van der Waals surface area (Å²) < 4.78 is 33.9. The van der Waals surface area contributed by atoms with Crippen LogP contribution in [0.25, 0.3) is 0 Å². The summed E-state index contributed by atoms with van der Waals surface area (Å²) in [6, 6.07) is 1.39. The van der Waals surface area contributed by atoms with E-state index in [1.807, 2.05) is 0 Å². The SMILES string of the molecule is O=C(O)CCOCCOCCOCCOCCOCCOCCn1sc(Cl)cc1=O. The normalized spacial score (nSPS) is 11.2. The second kappa shape index (κ2) is 18.7. The fraction of sp³-hybridized carbons (Fsp3) is 0.778. The van der Waals surface area contributed by atoms with Crippen LogP contribution in [0.15, 0.2) is 10.9 Å². The molecule has 1 rings (SSSR count). The van der Waals surface area contributed by atoms with E-state index < -0.39 is 5.97 Å². The summed E-state index contributed by atoms with van der Waals surface area (Å²) in [7, 11) is 0. The first kappa shape index (κ1) is 27.0. The zero-order chi connectivity index (χ0) is 21.9. The topological polar surface area (TPSA) is 115 Å². The van der Waals surface area contributed by atoms with Crippen LogP contribution in [0, 0.1) is 0 Å². The number of rotatable bonds is 21. The first-order chi connectivity index (χ1) is 14.6. The Morgan fingerprint density at radius 2 is 1.20 bits per heavy atom. The van der Waals surface area contributed by atoms with Crippen molar-refractivity contribution in [3.8, 4) is 0 Å². The molecule has 1 heterocycles. The predicted molar refractivity (Wildman–Crippen MR) is 111 cm³/mol. The first-order valence-corrected chi connectivity index (χ1v) is 10.8. The number of aromatic nitrogens is 1. The van der Waals surface area contributed by atoms with Crippen LogP contribution in [-0.4, -0.2) is 94.3 Å². The number of halogens is 1. The van der Waals surface area contributed by atoms with Crippen molar-refractivity contribution in [2.45, 2.75) is 13.0 Å². The van der Waals surface area contributed by atoms with Crippen LogP contribution in [0.4, 0.5) is 0 Å². The Morgan fingerprint density at radius 3 is 1.57 bits per heavy atom. The monoisotopic (exact) mass is 471 g/mol. The smallest absolute Gasteiger partial charge is 0.305 e. The van der Waals surface area contributed by atoms with E-state index in [-0.39, 0.29) is 18.6 Å². The fourth-order valence-corrected chi connectivity index (χ4v) is 3.03. The van der Waals surface area contributed by atoms with E-state index in [1.165, 1.54) is 17.6 Å². The molecule has 0 fully saturated rings. The minimum absolute atomic E-state index is 0.00255. The highest BCUT2D eigenvalue weighted by atomic mass is 35.5. The van der Waals surface area contributed by atoms with Crippen LogP contribution in [0.2, 0.25) is 4.34 Å². The van der Waals surface area contributed by atoms with E-state index in [0.29, 0.717) is 83.6 Å². The number of hydrogen-bond donors (Lipinski definition) is 1. The summed E-state index contributed by atoms with van der Waals surface area (Å²) in [5.74, 6) is -0.876. The van der Waals surface area contributed by atoms with Gasteiger partial charge in [-0.1, -0.05) is 11.6 Å². The van der Waals surface area contributed by atoms with Gasteiger partial charge in [-0.15, -0.1) is 0 Å². The highest BCUT2D eigenvalue weighted by Gasteiger charge is 2.01. The first-order valence-electron chi connectivity index (χ1n) is 9.64. The average Bonchev–Trinajstić information content (AvgIpc) is 3.03. The number of aliphatic carboxylic acids is 1. The van der Waals surface area contributed by atoms with Gasteiger partial charge >= 0.3 is 5.97 Å². The molecule has 10 nitrogen and oxygen atoms in total. The molecule has 0 aliphatic rings. The lowest BCUT2D eigenvalue weighted by atomic mass is 10.5. The maximum absolute atomic E-state index is 11.4. The van der Waals surface area contributed by atoms with Crippen molar-refractivity contribution in [1.29, 1.82) is 0 Å². The van der Waals surface area contributed by atoms with Crippen molar-refractivity contribution in [3.63, 3.8) is 0 Å². The van der Waals surface area contributed by atoms with E-state index in [0.717, 1.165) is 0 Å². The lowest BCUT2D eigenvalue weighted by molar-refractivity contribution is -0.138. The number of carboxylic acids is 1. The molecule has 1 N–H and O–H groups in total. The number of ether oxygens (including phenoxy) is 6. The molecule has 12 heteroatoms. The molecule has 0 radical (unpaired) electrons. The van der Waals surface area contributed by atoms with Crippen molar-refractivity contribution < 1.29 is 38.3 Å². The summed E-state index contributed by atoms with van der Waals surface area (Å²) >= 11 is 6.97. The maximum atomic E-state index is 11.4. The van der Waals surface area contributed by atoms with E-state index in [9.17, 15) is 9.59 Å². The molecule has 0 amide bonds. The van der Waals surface area contributed by atoms with Gasteiger partial charge in [-0.3, -0.25) is 13.5 Å². The van der Waals surface area contributed by atoms with Gasteiger partial charge in [0.25, 0.3) is 5.56 Å². The average molecular weight is 472 g/mol. The fourth-order valence-electron chi connectivity index (χ4n) is 2.01. The Morgan fingerprint density at radius 1 is 0.800 bits per heavy atom. The van der Waals surface area contributed by atoms with Crippen molar-refractivity contribution in [1.82, 2.24) is 3.96 Å². The van der Waals surface area contributed by atoms with Gasteiger partial charge in [-0.05, 0) is 11.5 Å². The Labute approximate surface area is 184 Å². The van der Waals surface area contributed by atoms with Gasteiger partial charge in [0.05, 0.1) is 92.2 Å². The second-order valence-corrected chi connectivity index (χ2v) is 7.49. The Kier molecular flexibility index (Phi) is 16.8. The molecule has 0 atom stereocenters. The third-order valence-corrected chi connectivity index (χ3v) is 4.63. The molecule has 0 bridgehead atoms. The molecular formula is C18H30ClNO9S. The minimum Gasteiger partial charge on any atom is -0.481 e. The summed E-state index contributed by atoms with van der Waals surface area (Å²) in [6.45, 7) is 5.54. The van der Waals surface area contributed by atoms with Crippen LogP contribution < -0.4 is 5.56 Å². The third kappa shape index (κ3) is 15.7. The van der Waals surface area contributed by atoms with Crippen LogP contribution in [0.3, 0.4) is 0 Å². The molecule has 174 valence electrons. The number of hydrogen-bond acceptors (Lipinski definition) is 9. The van der Waals surface area contributed by atoms with E-state index in [1.54, 1.807) is 3.96 Å². The van der Waals surface area contributed by atoms with Crippen molar-refractivity contribution in [3.05, 3.63) is 20.8 Å². The Bertz CT molecular complexity index is 611. The molecule has 1 aromatic heterocycles. The van der Waals surface area contributed by atoms with Crippen LogP contribution in [-0.2, 0) is 39.8 Å². The van der Waals surface area contributed by atoms with E-state index >= 15 is 0 Å². The van der Waals surface area contributed by atoms with E-state index in [4.69, 9.17) is 45.1 Å². The quantitative estimate of drug-likeness (QED) is 0.263. The molecule has 1 aromatic rings. The van der Waals surface area contributed by atoms with Gasteiger partial charge in [-0.25, -0.2) is 0 Å². The highest BCUT2D eigenvalue weighted by Crippen LogP contribution is 2.11. The summed E-state index contributed by atoms with van der Waals surface area (Å²) in [5.41, 5.74) is -0.113. The van der Waals surface area contributed by atoms with Crippen molar-refractivity contribution in [2.24, 2.45) is 0 Å². The standard InChI is InChI=1S/C18H30ClNO9S/c19-16-15-17(21)20(30-16)2-4-25-6-8-27-10-12-29-14-13-28-11-9-26-7-5-24-3-1-18(22)23/h15H,1-14H2,(H,22,23). The van der Waals surface area contributed by atoms with Gasteiger partial charge < -0.3 is 33.5 Å². The number of nitrogens with zero attached hydrogens (tertiary/aromatic N) is 1. The van der Waals surface area contributed by atoms with Crippen LogP contribution >= 0.6 is 23.1 Å². The van der Waals surface area contributed by atoms with Crippen molar-refractivity contribution >= 4 is 29.1 Å². The highest BCUT2D eigenvalue weighted by molar-refractivity contribution is 7.11. The van der Waals surface area contributed by atoms with Crippen LogP contribution in [0.5, 0.6) is 0 Å².